The number of hydrogen-bond acceptors (Lipinski definition) is 4. The summed E-state index contributed by atoms with van der Waals surface area (Å²) in [6, 6.07) is 5.29. The molecule has 20 heavy (non-hydrogen) atoms. The highest BCUT2D eigenvalue weighted by Gasteiger charge is 2.15. The first-order valence-corrected chi connectivity index (χ1v) is 6.22. The van der Waals surface area contributed by atoms with E-state index in [4.69, 9.17) is 10.00 Å². The molecule has 104 valence electrons. The molecule has 0 aliphatic heterocycles. The van der Waals surface area contributed by atoms with Crippen molar-refractivity contribution in [2.45, 2.75) is 32.8 Å². The third-order valence-electron chi connectivity index (χ3n) is 2.03. The van der Waals surface area contributed by atoms with Crippen molar-refractivity contribution in [2.75, 3.05) is 6.54 Å². The Hall–Kier alpha value is -2.53. The largest absolute Gasteiger partial charge is 0.444 e. The molecule has 1 aromatic heterocycles. The number of carbonyl (C=O) groups excluding carboxylic acids is 1. The van der Waals surface area contributed by atoms with Crippen LogP contribution < -0.4 is 5.32 Å². The van der Waals surface area contributed by atoms with E-state index < -0.39 is 11.7 Å². The number of nitrogens with one attached hydrogen (secondary N) is 1. The fourth-order valence-electron chi connectivity index (χ4n) is 1.24. The molecule has 0 fully saturated rings. The van der Waals surface area contributed by atoms with Crippen LogP contribution in [0.5, 0.6) is 0 Å². The predicted octanol–water partition coefficient (Wildman–Crippen LogP) is 2.22. The second kappa shape index (κ2) is 7.16. The summed E-state index contributed by atoms with van der Waals surface area (Å²) in [6.07, 6.45) is 1.62. The monoisotopic (exact) mass is 271 g/mol. The van der Waals surface area contributed by atoms with Gasteiger partial charge in [0.1, 0.15) is 17.4 Å². The van der Waals surface area contributed by atoms with E-state index in [1.807, 2.05) is 26.8 Å². The molecule has 5 nitrogen and oxygen atoms in total. The SMILES string of the molecule is CC(C)(C)OC(=O)NCCC#Cc1ccc(C#N)nc1. The van der Waals surface area contributed by atoms with Crippen molar-refractivity contribution >= 4 is 6.09 Å². The van der Waals surface area contributed by atoms with Gasteiger partial charge in [0, 0.05) is 24.7 Å². The van der Waals surface area contributed by atoms with Crippen LogP contribution in [0.2, 0.25) is 0 Å². The third-order valence-corrected chi connectivity index (χ3v) is 2.03. The van der Waals surface area contributed by atoms with Gasteiger partial charge in [-0.2, -0.15) is 5.26 Å². The first-order chi connectivity index (χ1) is 9.40. The number of amides is 1. The number of aromatic nitrogens is 1. The third kappa shape index (κ3) is 6.42. The minimum absolute atomic E-state index is 0.363. The van der Waals surface area contributed by atoms with Crippen molar-refractivity contribution < 1.29 is 9.53 Å². The summed E-state index contributed by atoms with van der Waals surface area (Å²) in [5.74, 6) is 5.82. The van der Waals surface area contributed by atoms with Gasteiger partial charge in [0.25, 0.3) is 0 Å². The molecule has 1 amide bonds. The number of pyridine rings is 1. The summed E-state index contributed by atoms with van der Waals surface area (Å²) in [6.45, 7) is 5.85. The van der Waals surface area contributed by atoms with Crippen LogP contribution in [0.1, 0.15) is 38.4 Å². The molecule has 0 aliphatic carbocycles. The van der Waals surface area contributed by atoms with E-state index in [9.17, 15) is 4.79 Å². The Balaban J connectivity index is 2.33. The first kappa shape index (κ1) is 15.5. The van der Waals surface area contributed by atoms with Crippen LogP contribution >= 0.6 is 0 Å². The highest BCUT2D eigenvalue weighted by molar-refractivity contribution is 5.67. The smallest absolute Gasteiger partial charge is 0.407 e. The van der Waals surface area contributed by atoms with E-state index in [1.54, 1.807) is 18.3 Å². The number of rotatable bonds is 2. The van der Waals surface area contributed by atoms with Crippen LogP contribution in [0.25, 0.3) is 0 Å². The lowest BCUT2D eigenvalue weighted by molar-refractivity contribution is 0.0529. The molecule has 0 saturated heterocycles. The molecule has 1 aromatic rings. The highest BCUT2D eigenvalue weighted by Crippen LogP contribution is 2.06. The molecule has 0 aliphatic rings. The summed E-state index contributed by atoms with van der Waals surface area (Å²) in [5, 5.41) is 11.2. The zero-order valence-corrected chi connectivity index (χ0v) is 11.9. The summed E-state index contributed by atoms with van der Waals surface area (Å²) in [7, 11) is 0. The summed E-state index contributed by atoms with van der Waals surface area (Å²) in [4.78, 5) is 15.3. The van der Waals surface area contributed by atoms with Gasteiger partial charge in [-0.3, -0.25) is 0 Å². The molecule has 1 N–H and O–H groups in total. The van der Waals surface area contributed by atoms with Gasteiger partial charge in [0.05, 0.1) is 0 Å². The lowest BCUT2D eigenvalue weighted by atomic mass is 10.2. The molecular formula is C15H17N3O2. The Morgan fingerprint density at radius 1 is 1.45 bits per heavy atom. The molecule has 0 spiro atoms. The van der Waals surface area contributed by atoms with E-state index in [0.29, 0.717) is 18.7 Å². The lowest BCUT2D eigenvalue weighted by Crippen LogP contribution is -2.32. The van der Waals surface area contributed by atoms with Crippen molar-refractivity contribution in [3.63, 3.8) is 0 Å². The number of hydrogen-bond donors (Lipinski definition) is 1. The Morgan fingerprint density at radius 3 is 2.75 bits per heavy atom. The van der Waals surface area contributed by atoms with Gasteiger partial charge < -0.3 is 10.1 Å². The molecule has 0 saturated carbocycles. The summed E-state index contributed by atoms with van der Waals surface area (Å²) >= 11 is 0. The van der Waals surface area contributed by atoms with E-state index in [-0.39, 0.29) is 0 Å². The van der Waals surface area contributed by atoms with Gasteiger partial charge in [-0.1, -0.05) is 11.8 Å². The standard InChI is InChI=1S/C15H17N3O2/c1-15(2,3)20-14(19)17-9-5-4-6-12-7-8-13(10-16)18-11-12/h7-8,11H,5,9H2,1-3H3,(H,17,19). The van der Waals surface area contributed by atoms with Crippen LogP contribution in [0.4, 0.5) is 4.79 Å². The van der Waals surface area contributed by atoms with Crippen molar-refractivity contribution in [2.24, 2.45) is 0 Å². The zero-order chi connectivity index (χ0) is 15.0. The van der Waals surface area contributed by atoms with Gasteiger partial charge in [-0.05, 0) is 32.9 Å². The van der Waals surface area contributed by atoms with Crippen LogP contribution in [-0.2, 0) is 4.74 Å². The average Bonchev–Trinajstić information content (AvgIpc) is 2.37. The number of alkyl carbamates (subject to hydrolysis) is 1. The van der Waals surface area contributed by atoms with Gasteiger partial charge in [0.2, 0.25) is 0 Å². The van der Waals surface area contributed by atoms with Crippen LogP contribution in [-0.4, -0.2) is 23.2 Å². The quantitative estimate of drug-likeness (QED) is 0.661. The predicted molar refractivity (Wildman–Crippen MR) is 74.7 cm³/mol. The van der Waals surface area contributed by atoms with Crippen molar-refractivity contribution in [3.05, 3.63) is 29.6 Å². The second-order valence-electron chi connectivity index (χ2n) is 5.02. The van der Waals surface area contributed by atoms with Crippen LogP contribution in [0, 0.1) is 23.2 Å². The molecule has 0 radical (unpaired) electrons. The normalized spacial score (nSPS) is 9.90. The molecule has 1 rings (SSSR count). The zero-order valence-electron chi connectivity index (χ0n) is 11.9. The van der Waals surface area contributed by atoms with E-state index >= 15 is 0 Å². The maximum Gasteiger partial charge on any atom is 0.407 e. The van der Waals surface area contributed by atoms with E-state index in [0.717, 1.165) is 5.56 Å². The Bertz CT molecular complexity index is 554. The van der Waals surface area contributed by atoms with Gasteiger partial charge in [-0.15, -0.1) is 0 Å². The highest BCUT2D eigenvalue weighted by atomic mass is 16.6. The molecule has 0 bridgehead atoms. The number of nitrogens with zero attached hydrogens (tertiary/aromatic N) is 2. The summed E-state index contributed by atoms with van der Waals surface area (Å²) in [5.41, 5.74) is 0.604. The number of nitriles is 1. The fraction of sp³-hybridized carbons (Fsp3) is 0.400. The lowest BCUT2D eigenvalue weighted by Gasteiger charge is -2.19. The Labute approximate surface area is 119 Å². The summed E-state index contributed by atoms with van der Waals surface area (Å²) < 4.78 is 5.09. The minimum atomic E-state index is -0.496. The van der Waals surface area contributed by atoms with Crippen LogP contribution in [0.15, 0.2) is 18.3 Å². The van der Waals surface area contributed by atoms with E-state index in [1.165, 1.54) is 0 Å². The van der Waals surface area contributed by atoms with Crippen molar-refractivity contribution in [3.8, 4) is 17.9 Å². The molecule has 5 heteroatoms. The van der Waals surface area contributed by atoms with Gasteiger partial charge in [0.15, 0.2) is 0 Å². The molecule has 0 unspecified atom stereocenters. The topological polar surface area (TPSA) is 75.0 Å². The number of carbonyl (C=O) groups is 1. The maximum absolute atomic E-state index is 11.3. The van der Waals surface area contributed by atoms with Gasteiger partial charge in [-0.25, -0.2) is 9.78 Å². The molecular weight excluding hydrogens is 254 g/mol. The Kier molecular flexibility index (Phi) is 5.56. The van der Waals surface area contributed by atoms with Gasteiger partial charge >= 0.3 is 6.09 Å². The molecule has 0 aromatic carbocycles. The average molecular weight is 271 g/mol. The van der Waals surface area contributed by atoms with E-state index in [2.05, 4.69) is 22.1 Å². The fourth-order valence-corrected chi connectivity index (χ4v) is 1.24. The second-order valence-corrected chi connectivity index (χ2v) is 5.02. The maximum atomic E-state index is 11.3. The minimum Gasteiger partial charge on any atom is -0.444 e. The van der Waals surface area contributed by atoms with Crippen molar-refractivity contribution in [1.29, 1.82) is 5.26 Å². The first-order valence-electron chi connectivity index (χ1n) is 6.22. The molecule has 1 heterocycles. The molecule has 0 atom stereocenters. The van der Waals surface area contributed by atoms with Crippen LogP contribution in [0.3, 0.4) is 0 Å². The number of ether oxygens (including phenoxy) is 1. The Morgan fingerprint density at radius 2 is 2.20 bits per heavy atom. The van der Waals surface area contributed by atoms with Crippen molar-refractivity contribution in [1.82, 2.24) is 10.3 Å².